The fourth-order valence-electron chi connectivity index (χ4n) is 7.53. The van der Waals surface area contributed by atoms with Crippen LogP contribution in [0, 0.1) is 13.8 Å². The largest absolute Gasteiger partial charge is 0.310 e. The van der Waals surface area contributed by atoms with Crippen LogP contribution in [0.1, 0.15) is 11.1 Å². The first-order chi connectivity index (χ1) is 21.7. The number of hydrogen-bond donors (Lipinski definition) is 0. The van der Waals surface area contributed by atoms with E-state index in [0.29, 0.717) is 0 Å². The van der Waals surface area contributed by atoms with Crippen LogP contribution < -0.4 is 4.90 Å². The number of nitrogens with zero attached hydrogens (tertiary/aromatic N) is 2. The Bertz CT molecular complexity index is 2450. The summed E-state index contributed by atoms with van der Waals surface area (Å²) in [5.41, 5.74) is 9.81. The third-order valence-corrected chi connectivity index (χ3v) is 9.40. The highest BCUT2D eigenvalue weighted by molar-refractivity contribution is 6.35. The first kappa shape index (κ1) is 24.9. The van der Waals surface area contributed by atoms with Gasteiger partial charge in [0.05, 0.1) is 16.7 Å². The van der Waals surface area contributed by atoms with Gasteiger partial charge in [-0.15, -0.1) is 0 Å². The lowest BCUT2D eigenvalue weighted by atomic mass is 9.87. The predicted molar refractivity (Wildman–Crippen MR) is 189 cm³/mol. The Morgan fingerprint density at radius 3 is 1.70 bits per heavy atom. The van der Waals surface area contributed by atoms with Crippen LogP contribution >= 0.6 is 0 Å². The molecule has 0 unspecified atom stereocenters. The van der Waals surface area contributed by atoms with Crippen molar-refractivity contribution in [2.24, 2.45) is 0 Å². The summed E-state index contributed by atoms with van der Waals surface area (Å²) in [5.74, 6) is 0. The van der Waals surface area contributed by atoms with E-state index in [9.17, 15) is 0 Å². The normalized spacial score (nSPS) is 11.9. The number of benzene rings is 8. The number of hydrogen-bond acceptors (Lipinski definition) is 1. The second kappa shape index (κ2) is 9.45. The van der Waals surface area contributed by atoms with Gasteiger partial charge in [-0.1, -0.05) is 97.1 Å². The summed E-state index contributed by atoms with van der Waals surface area (Å²) >= 11 is 0. The van der Waals surface area contributed by atoms with Gasteiger partial charge >= 0.3 is 0 Å². The predicted octanol–water partition coefficient (Wildman–Crippen LogP) is 11.8. The van der Waals surface area contributed by atoms with E-state index < -0.39 is 0 Å². The average molecular weight is 563 g/mol. The lowest BCUT2D eigenvalue weighted by molar-refractivity contribution is 1.17. The minimum absolute atomic E-state index is 1.15. The highest BCUT2D eigenvalue weighted by Crippen LogP contribution is 2.49. The van der Waals surface area contributed by atoms with Gasteiger partial charge in [-0.3, -0.25) is 0 Å². The Balaban J connectivity index is 1.46. The van der Waals surface area contributed by atoms with Gasteiger partial charge in [-0.2, -0.15) is 0 Å². The van der Waals surface area contributed by atoms with Crippen LogP contribution in [0.2, 0.25) is 0 Å². The zero-order valence-electron chi connectivity index (χ0n) is 24.8. The van der Waals surface area contributed by atoms with Crippen molar-refractivity contribution in [2.45, 2.75) is 13.8 Å². The Morgan fingerprint density at radius 2 is 1.00 bits per heavy atom. The molecule has 2 heteroatoms. The van der Waals surface area contributed by atoms with Crippen molar-refractivity contribution in [2.75, 3.05) is 4.90 Å². The molecule has 2 nitrogen and oxygen atoms in total. The SMILES string of the molecule is Cc1cc(N(c2ccccc2)c2ccccc2)c2ccc3c(C)c4c(c5ccc1c2c35)c1ccccc1n4-c1ccccc1. The van der Waals surface area contributed by atoms with E-state index in [0.717, 1.165) is 11.4 Å². The Kier molecular flexibility index (Phi) is 5.36. The maximum atomic E-state index is 2.46. The molecule has 0 radical (unpaired) electrons. The molecule has 8 aromatic carbocycles. The van der Waals surface area contributed by atoms with Crippen LogP contribution in [0.3, 0.4) is 0 Å². The van der Waals surface area contributed by atoms with Gasteiger partial charge in [-0.05, 0) is 100 Å². The molecule has 0 amide bonds. The van der Waals surface area contributed by atoms with Crippen molar-refractivity contribution in [1.29, 1.82) is 0 Å². The van der Waals surface area contributed by atoms with E-state index in [1.165, 1.54) is 76.6 Å². The number of fused-ring (bicyclic) bond motifs is 4. The van der Waals surface area contributed by atoms with Crippen molar-refractivity contribution in [3.63, 3.8) is 0 Å². The molecule has 0 atom stereocenters. The molecule has 0 N–H and O–H groups in total. The highest BCUT2D eigenvalue weighted by Gasteiger charge is 2.24. The third kappa shape index (κ3) is 3.43. The minimum atomic E-state index is 1.15. The minimum Gasteiger partial charge on any atom is -0.310 e. The van der Waals surface area contributed by atoms with Gasteiger partial charge in [0, 0.05) is 33.2 Å². The molecule has 0 saturated carbocycles. The van der Waals surface area contributed by atoms with Crippen LogP contribution in [0.4, 0.5) is 17.1 Å². The molecule has 0 aliphatic rings. The van der Waals surface area contributed by atoms with Gasteiger partial charge in [0.1, 0.15) is 0 Å². The van der Waals surface area contributed by atoms with Crippen LogP contribution in [0.25, 0.3) is 59.8 Å². The Hall–Kier alpha value is -5.60. The quantitative estimate of drug-likeness (QED) is 0.194. The molecule has 0 aliphatic carbocycles. The van der Waals surface area contributed by atoms with E-state index in [1.54, 1.807) is 0 Å². The highest BCUT2D eigenvalue weighted by atomic mass is 15.1. The molecule has 0 aliphatic heterocycles. The average Bonchev–Trinajstić information content (AvgIpc) is 3.43. The molecule has 208 valence electrons. The summed E-state index contributed by atoms with van der Waals surface area (Å²) in [4.78, 5) is 2.41. The summed E-state index contributed by atoms with van der Waals surface area (Å²) in [6.07, 6.45) is 0. The maximum absolute atomic E-state index is 2.46. The van der Waals surface area contributed by atoms with Gasteiger partial charge in [-0.25, -0.2) is 0 Å². The molecule has 0 spiro atoms. The smallest absolute Gasteiger partial charge is 0.0582 e. The molecule has 0 saturated heterocycles. The summed E-state index contributed by atoms with van der Waals surface area (Å²) in [6.45, 7) is 4.56. The summed E-state index contributed by atoms with van der Waals surface area (Å²) in [7, 11) is 0. The molecule has 0 bridgehead atoms. The van der Waals surface area contributed by atoms with Crippen molar-refractivity contribution in [1.82, 2.24) is 4.57 Å². The number of aryl methyl sites for hydroxylation is 2. The molecule has 0 fully saturated rings. The van der Waals surface area contributed by atoms with Crippen molar-refractivity contribution < 1.29 is 0 Å². The van der Waals surface area contributed by atoms with E-state index in [2.05, 4.69) is 169 Å². The second-order valence-corrected chi connectivity index (χ2v) is 11.8. The summed E-state index contributed by atoms with van der Waals surface area (Å²) < 4.78 is 2.46. The van der Waals surface area contributed by atoms with Crippen LogP contribution in [0.15, 0.2) is 146 Å². The lowest BCUT2D eigenvalue weighted by Crippen LogP contribution is -2.11. The van der Waals surface area contributed by atoms with Gasteiger partial charge < -0.3 is 9.47 Å². The van der Waals surface area contributed by atoms with Gasteiger partial charge in [0.25, 0.3) is 0 Å². The number of anilines is 3. The summed E-state index contributed by atoms with van der Waals surface area (Å²) in [5, 5.41) is 10.5. The van der Waals surface area contributed by atoms with E-state index in [1.807, 2.05) is 0 Å². The fraction of sp³-hybridized carbons (Fsp3) is 0.0476. The molecule has 44 heavy (non-hydrogen) atoms. The van der Waals surface area contributed by atoms with E-state index in [4.69, 9.17) is 0 Å². The third-order valence-electron chi connectivity index (χ3n) is 9.40. The van der Waals surface area contributed by atoms with E-state index >= 15 is 0 Å². The van der Waals surface area contributed by atoms with Gasteiger partial charge in [0.2, 0.25) is 0 Å². The molecule has 1 heterocycles. The Labute approximate surface area is 256 Å². The topological polar surface area (TPSA) is 8.17 Å². The molecule has 9 rings (SSSR count). The molecule has 9 aromatic rings. The first-order valence-corrected chi connectivity index (χ1v) is 15.3. The lowest BCUT2D eigenvalue weighted by Gasteiger charge is -2.28. The number of rotatable bonds is 4. The zero-order valence-corrected chi connectivity index (χ0v) is 24.8. The standard InChI is InChI=1S/C42H30N2/c1-27-26-38(43(29-14-6-3-7-15-29)30-16-8-4-9-17-30)35-24-23-33-28(2)42-41(36-25-22-32(27)39(35)40(33)36)34-20-12-13-21-37(34)44(42)31-18-10-5-11-19-31/h3-26H,1-2H3. The molecule has 1 aromatic heterocycles. The maximum Gasteiger partial charge on any atom is 0.0582 e. The van der Waals surface area contributed by atoms with Crippen molar-refractivity contribution in [3.8, 4) is 5.69 Å². The van der Waals surface area contributed by atoms with E-state index in [-0.39, 0.29) is 0 Å². The molecular weight excluding hydrogens is 532 g/mol. The van der Waals surface area contributed by atoms with Gasteiger partial charge in [0.15, 0.2) is 0 Å². The Morgan fingerprint density at radius 1 is 0.455 bits per heavy atom. The fourth-order valence-corrected chi connectivity index (χ4v) is 7.53. The number of aromatic nitrogens is 1. The monoisotopic (exact) mass is 562 g/mol. The summed E-state index contributed by atoms with van der Waals surface area (Å²) in [6, 6.07) is 52.9. The van der Waals surface area contributed by atoms with Crippen molar-refractivity contribution in [3.05, 3.63) is 157 Å². The van der Waals surface area contributed by atoms with Crippen LogP contribution in [0.5, 0.6) is 0 Å². The van der Waals surface area contributed by atoms with Crippen molar-refractivity contribution >= 4 is 71.2 Å². The van der Waals surface area contributed by atoms with Crippen LogP contribution in [-0.2, 0) is 0 Å². The second-order valence-electron chi connectivity index (χ2n) is 11.8. The zero-order chi connectivity index (χ0) is 29.4. The van der Waals surface area contributed by atoms with Crippen LogP contribution in [-0.4, -0.2) is 4.57 Å². The first-order valence-electron chi connectivity index (χ1n) is 15.3. The molecular formula is C42H30N2. The number of para-hydroxylation sites is 4.